The molecule has 0 saturated carbocycles. The van der Waals surface area contributed by atoms with Crippen LogP contribution in [0.2, 0.25) is 0 Å². The zero-order valence-corrected chi connectivity index (χ0v) is 15.0. The second kappa shape index (κ2) is 8.96. The maximum atomic E-state index is 12.3. The fourth-order valence-corrected chi connectivity index (χ4v) is 3.68. The van der Waals surface area contributed by atoms with Crippen LogP contribution in [0.4, 0.5) is 0 Å². The van der Waals surface area contributed by atoms with Crippen molar-refractivity contribution in [3.63, 3.8) is 0 Å². The molecule has 0 aromatic heterocycles. The summed E-state index contributed by atoms with van der Waals surface area (Å²) in [5, 5.41) is 0. The number of carbonyl (C=O) groups excluding carboxylic acids is 1. The molecule has 1 N–H and O–H groups in total. The van der Waals surface area contributed by atoms with Crippen LogP contribution in [0.3, 0.4) is 0 Å². The van der Waals surface area contributed by atoms with Crippen molar-refractivity contribution in [2.45, 2.75) is 25.7 Å². The standard InChI is InChI=1S/C15H30N4O3S/c1-23(21,22)16-6-5-7-17-10-12-18(13-11-17)14-15(20)19-8-3-2-4-9-19/h16H,2-14H2,1H3. The third kappa shape index (κ3) is 7.15. The van der Waals surface area contributed by atoms with Gasteiger partial charge in [-0.3, -0.25) is 9.69 Å². The molecule has 0 aliphatic carbocycles. The first-order valence-corrected chi connectivity index (χ1v) is 10.5. The molecule has 2 fully saturated rings. The van der Waals surface area contributed by atoms with E-state index >= 15 is 0 Å². The quantitative estimate of drug-likeness (QED) is 0.633. The van der Waals surface area contributed by atoms with E-state index < -0.39 is 10.0 Å². The van der Waals surface area contributed by atoms with E-state index in [-0.39, 0.29) is 5.91 Å². The third-order valence-corrected chi connectivity index (χ3v) is 5.28. The summed E-state index contributed by atoms with van der Waals surface area (Å²) in [6.45, 7) is 7.52. The molecule has 0 spiro atoms. The smallest absolute Gasteiger partial charge is 0.236 e. The molecular formula is C15H30N4O3S. The molecule has 2 heterocycles. The number of nitrogens with zero attached hydrogens (tertiary/aromatic N) is 3. The molecule has 2 aliphatic heterocycles. The summed E-state index contributed by atoms with van der Waals surface area (Å²) in [5.74, 6) is 0.274. The number of sulfonamides is 1. The molecule has 2 aliphatic rings. The minimum absolute atomic E-state index is 0.274. The minimum Gasteiger partial charge on any atom is -0.342 e. The molecule has 1 amide bonds. The molecule has 0 bridgehead atoms. The maximum absolute atomic E-state index is 12.3. The van der Waals surface area contributed by atoms with Crippen LogP contribution in [0.15, 0.2) is 0 Å². The van der Waals surface area contributed by atoms with Crippen LogP contribution in [0.1, 0.15) is 25.7 Å². The van der Waals surface area contributed by atoms with Crippen molar-refractivity contribution in [1.82, 2.24) is 19.4 Å². The zero-order chi connectivity index (χ0) is 16.7. The molecule has 0 unspecified atom stereocenters. The van der Waals surface area contributed by atoms with Crippen molar-refractivity contribution in [3.8, 4) is 0 Å². The molecule has 134 valence electrons. The van der Waals surface area contributed by atoms with Crippen molar-refractivity contribution >= 4 is 15.9 Å². The Bertz CT molecular complexity index is 469. The Balaban J connectivity index is 1.59. The Morgan fingerprint density at radius 1 is 0.957 bits per heavy atom. The molecule has 8 heteroatoms. The SMILES string of the molecule is CS(=O)(=O)NCCCN1CCN(CC(=O)N2CCCCC2)CC1. The summed E-state index contributed by atoms with van der Waals surface area (Å²) in [4.78, 5) is 18.8. The Hall–Kier alpha value is -0.700. The molecule has 0 atom stereocenters. The number of rotatable bonds is 7. The van der Waals surface area contributed by atoms with Crippen LogP contribution in [-0.4, -0.2) is 94.2 Å². The molecule has 7 nitrogen and oxygen atoms in total. The topological polar surface area (TPSA) is 73.0 Å². The van der Waals surface area contributed by atoms with E-state index in [1.165, 1.54) is 12.7 Å². The summed E-state index contributed by atoms with van der Waals surface area (Å²) < 4.78 is 24.5. The van der Waals surface area contributed by atoms with Gasteiger partial charge in [0.25, 0.3) is 0 Å². The molecule has 0 aromatic rings. The van der Waals surface area contributed by atoms with Gasteiger partial charge < -0.3 is 9.80 Å². The van der Waals surface area contributed by atoms with Gasteiger partial charge in [-0.2, -0.15) is 0 Å². The highest BCUT2D eigenvalue weighted by atomic mass is 32.2. The molecule has 0 radical (unpaired) electrons. The van der Waals surface area contributed by atoms with Gasteiger partial charge in [-0.1, -0.05) is 0 Å². The summed E-state index contributed by atoms with van der Waals surface area (Å²) in [7, 11) is -3.08. The van der Waals surface area contributed by atoms with Crippen LogP contribution < -0.4 is 4.72 Å². The predicted molar refractivity (Wildman–Crippen MR) is 90.8 cm³/mol. The first kappa shape index (κ1) is 18.6. The van der Waals surface area contributed by atoms with Crippen LogP contribution >= 0.6 is 0 Å². The van der Waals surface area contributed by atoms with E-state index in [0.29, 0.717) is 13.1 Å². The molecular weight excluding hydrogens is 316 g/mol. The lowest BCUT2D eigenvalue weighted by Gasteiger charge is -2.36. The third-order valence-electron chi connectivity index (χ3n) is 4.55. The van der Waals surface area contributed by atoms with E-state index in [9.17, 15) is 13.2 Å². The van der Waals surface area contributed by atoms with Crippen molar-refractivity contribution in [2.24, 2.45) is 0 Å². The summed E-state index contributed by atoms with van der Waals surface area (Å²) in [6, 6.07) is 0. The van der Waals surface area contributed by atoms with Gasteiger partial charge in [-0.25, -0.2) is 13.1 Å². The highest BCUT2D eigenvalue weighted by Gasteiger charge is 2.22. The fraction of sp³-hybridized carbons (Fsp3) is 0.933. The number of likely N-dealkylation sites (tertiary alicyclic amines) is 1. The lowest BCUT2D eigenvalue weighted by molar-refractivity contribution is -0.133. The Morgan fingerprint density at radius 2 is 1.57 bits per heavy atom. The molecule has 23 heavy (non-hydrogen) atoms. The largest absolute Gasteiger partial charge is 0.342 e. The van der Waals surface area contributed by atoms with Gasteiger partial charge >= 0.3 is 0 Å². The van der Waals surface area contributed by atoms with E-state index in [2.05, 4.69) is 14.5 Å². The van der Waals surface area contributed by atoms with Gasteiger partial charge in [-0.15, -0.1) is 0 Å². The van der Waals surface area contributed by atoms with Crippen molar-refractivity contribution in [2.75, 3.05) is 65.2 Å². The number of hydrogen-bond acceptors (Lipinski definition) is 5. The zero-order valence-electron chi connectivity index (χ0n) is 14.2. The first-order valence-electron chi connectivity index (χ1n) is 8.61. The van der Waals surface area contributed by atoms with Gasteiger partial charge in [0.15, 0.2) is 0 Å². The van der Waals surface area contributed by atoms with Crippen molar-refractivity contribution in [3.05, 3.63) is 0 Å². The number of amides is 1. The van der Waals surface area contributed by atoms with E-state index in [0.717, 1.165) is 65.1 Å². The van der Waals surface area contributed by atoms with Gasteiger partial charge in [0.2, 0.25) is 15.9 Å². The van der Waals surface area contributed by atoms with E-state index in [1.807, 2.05) is 4.90 Å². The van der Waals surface area contributed by atoms with Gasteiger partial charge in [0, 0.05) is 45.8 Å². The maximum Gasteiger partial charge on any atom is 0.236 e. The monoisotopic (exact) mass is 346 g/mol. The normalized spacial score (nSPS) is 21.5. The summed E-state index contributed by atoms with van der Waals surface area (Å²) in [6.07, 6.45) is 5.53. The Morgan fingerprint density at radius 3 is 2.17 bits per heavy atom. The van der Waals surface area contributed by atoms with Crippen molar-refractivity contribution in [1.29, 1.82) is 0 Å². The minimum atomic E-state index is -3.08. The number of hydrogen-bond donors (Lipinski definition) is 1. The summed E-state index contributed by atoms with van der Waals surface area (Å²) >= 11 is 0. The lowest BCUT2D eigenvalue weighted by atomic mass is 10.1. The predicted octanol–water partition coefficient (Wildman–Crippen LogP) is -0.444. The number of carbonyl (C=O) groups is 1. The average Bonchev–Trinajstić information content (AvgIpc) is 2.53. The lowest BCUT2D eigenvalue weighted by Crippen LogP contribution is -2.50. The van der Waals surface area contributed by atoms with E-state index in [4.69, 9.17) is 0 Å². The molecule has 2 saturated heterocycles. The number of nitrogens with one attached hydrogen (secondary N) is 1. The highest BCUT2D eigenvalue weighted by molar-refractivity contribution is 7.88. The second-order valence-electron chi connectivity index (χ2n) is 6.58. The molecule has 0 aromatic carbocycles. The van der Waals surface area contributed by atoms with Crippen LogP contribution in [0, 0.1) is 0 Å². The van der Waals surface area contributed by atoms with Gasteiger partial charge in [0.05, 0.1) is 12.8 Å². The van der Waals surface area contributed by atoms with Crippen molar-refractivity contribution < 1.29 is 13.2 Å². The second-order valence-corrected chi connectivity index (χ2v) is 8.41. The van der Waals surface area contributed by atoms with Gasteiger partial charge in [-0.05, 0) is 32.2 Å². The number of piperidine rings is 1. The summed E-state index contributed by atoms with van der Waals surface area (Å²) in [5.41, 5.74) is 0. The van der Waals surface area contributed by atoms with Crippen LogP contribution in [0.25, 0.3) is 0 Å². The Labute approximate surface area is 140 Å². The van der Waals surface area contributed by atoms with E-state index in [1.54, 1.807) is 0 Å². The molecule has 2 rings (SSSR count). The fourth-order valence-electron chi connectivity index (χ4n) is 3.17. The van der Waals surface area contributed by atoms with Crippen LogP contribution in [0.5, 0.6) is 0 Å². The van der Waals surface area contributed by atoms with Crippen LogP contribution in [-0.2, 0) is 14.8 Å². The Kier molecular flexibility index (Phi) is 7.26. The average molecular weight is 346 g/mol. The number of piperazine rings is 1. The first-order chi connectivity index (χ1) is 10.9. The highest BCUT2D eigenvalue weighted by Crippen LogP contribution is 2.10. The van der Waals surface area contributed by atoms with Gasteiger partial charge in [0.1, 0.15) is 0 Å².